The van der Waals surface area contributed by atoms with E-state index in [4.69, 9.17) is 0 Å². The van der Waals surface area contributed by atoms with Crippen LogP contribution < -0.4 is 0 Å². The molecule has 1 heterocycles. The molecular weight excluding hydrogens is 164 g/mol. The van der Waals surface area contributed by atoms with Gasteiger partial charge in [0.15, 0.2) is 5.78 Å². The van der Waals surface area contributed by atoms with E-state index in [2.05, 4.69) is 5.10 Å². The molecule has 0 saturated heterocycles. The maximum atomic E-state index is 11.4. The van der Waals surface area contributed by atoms with E-state index < -0.39 is 0 Å². The molecule has 0 fully saturated rings. The van der Waals surface area contributed by atoms with Gasteiger partial charge in [-0.3, -0.25) is 9.48 Å². The fourth-order valence-electron chi connectivity index (χ4n) is 1.21. The first kappa shape index (κ1) is 9.96. The smallest absolute Gasteiger partial charge is 0.166 e. The molecule has 3 nitrogen and oxygen atoms in total. The first-order valence-corrected chi connectivity index (χ1v) is 4.65. The van der Waals surface area contributed by atoms with Gasteiger partial charge in [0.25, 0.3) is 0 Å². The number of Topliss-reactive ketones (excluding diaryl/α,β-unsaturated/α-hetero) is 1. The van der Waals surface area contributed by atoms with Gasteiger partial charge in [-0.15, -0.1) is 0 Å². The lowest BCUT2D eigenvalue weighted by molar-refractivity contribution is 0.0987. The molecular formula is C10H16N2O. The van der Waals surface area contributed by atoms with Crippen molar-refractivity contribution in [2.75, 3.05) is 0 Å². The van der Waals surface area contributed by atoms with Crippen LogP contribution in [0.5, 0.6) is 0 Å². The summed E-state index contributed by atoms with van der Waals surface area (Å²) < 4.78 is 1.83. The summed E-state index contributed by atoms with van der Waals surface area (Å²) in [6.45, 7) is 7.84. The number of carbonyl (C=O) groups excluding carboxylic acids is 1. The minimum Gasteiger partial charge on any atom is -0.294 e. The van der Waals surface area contributed by atoms with Crippen LogP contribution in [0, 0.1) is 6.92 Å². The van der Waals surface area contributed by atoms with Crippen LogP contribution in [0.25, 0.3) is 0 Å². The summed E-state index contributed by atoms with van der Waals surface area (Å²) in [6, 6.07) is 0.317. The highest BCUT2D eigenvalue weighted by Gasteiger charge is 2.12. The molecule has 13 heavy (non-hydrogen) atoms. The molecule has 1 aromatic rings. The molecule has 0 atom stereocenters. The molecule has 0 bridgehead atoms. The van der Waals surface area contributed by atoms with Crippen molar-refractivity contribution in [3.05, 3.63) is 17.5 Å². The number of carbonyl (C=O) groups is 1. The molecule has 0 aliphatic rings. The maximum Gasteiger partial charge on any atom is 0.166 e. The van der Waals surface area contributed by atoms with Crippen LogP contribution in [0.4, 0.5) is 0 Å². The van der Waals surface area contributed by atoms with Crippen molar-refractivity contribution in [1.82, 2.24) is 9.78 Å². The van der Waals surface area contributed by atoms with Crippen LogP contribution in [0.15, 0.2) is 6.20 Å². The Bertz CT molecular complexity index is 313. The second-order valence-corrected chi connectivity index (χ2v) is 3.48. The van der Waals surface area contributed by atoms with E-state index in [1.807, 2.05) is 38.6 Å². The number of hydrogen-bond acceptors (Lipinski definition) is 2. The zero-order valence-corrected chi connectivity index (χ0v) is 8.66. The summed E-state index contributed by atoms with van der Waals surface area (Å²) in [4.78, 5) is 11.4. The van der Waals surface area contributed by atoms with Crippen molar-refractivity contribution in [3.63, 3.8) is 0 Å². The van der Waals surface area contributed by atoms with E-state index in [-0.39, 0.29) is 5.78 Å². The van der Waals surface area contributed by atoms with Gasteiger partial charge in [-0.25, -0.2) is 0 Å². The van der Waals surface area contributed by atoms with E-state index in [9.17, 15) is 4.79 Å². The van der Waals surface area contributed by atoms with Gasteiger partial charge in [-0.2, -0.15) is 5.10 Å². The summed E-state index contributed by atoms with van der Waals surface area (Å²) in [6.07, 6.45) is 2.39. The van der Waals surface area contributed by atoms with Crippen molar-refractivity contribution in [2.45, 2.75) is 40.2 Å². The number of rotatable bonds is 3. The Hall–Kier alpha value is -1.12. The molecule has 0 amide bonds. The average Bonchev–Trinajstić information content (AvgIpc) is 2.46. The Morgan fingerprint density at radius 3 is 2.62 bits per heavy atom. The topological polar surface area (TPSA) is 34.9 Å². The Labute approximate surface area is 78.8 Å². The summed E-state index contributed by atoms with van der Waals surface area (Å²) in [5.41, 5.74) is 1.59. The summed E-state index contributed by atoms with van der Waals surface area (Å²) in [7, 11) is 0. The molecule has 0 aromatic carbocycles. The molecule has 0 aliphatic heterocycles. The van der Waals surface area contributed by atoms with Gasteiger partial charge in [-0.05, 0) is 20.8 Å². The van der Waals surface area contributed by atoms with E-state index in [1.54, 1.807) is 0 Å². The number of aromatic nitrogens is 2. The van der Waals surface area contributed by atoms with Crippen molar-refractivity contribution in [3.8, 4) is 0 Å². The Morgan fingerprint density at radius 1 is 1.62 bits per heavy atom. The predicted molar refractivity (Wildman–Crippen MR) is 52.0 cm³/mol. The second kappa shape index (κ2) is 3.73. The highest BCUT2D eigenvalue weighted by molar-refractivity contribution is 5.96. The minimum absolute atomic E-state index is 0.171. The van der Waals surface area contributed by atoms with Gasteiger partial charge >= 0.3 is 0 Å². The van der Waals surface area contributed by atoms with E-state index >= 15 is 0 Å². The Morgan fingerprint density at radius 2 is 2.23 bits per heavy atom. The number of ketones is 1. The first-order valence-electron chi connectivity index (χ1n) is 4.65. The fourth-order valence-corrected chi connectivity index (χ4v) is 1.21. The van der Waals surface area contributed by atoms with E-state index in [1.165, 1.54) is 0 Å². The van der Waals surface area contributed by atoms with E-state index in [0.717, 1.165) is 11.3 Å². The standard InChI is InChI=1S/C10H16N2O/c1-5-10(13)9-6-12(7(2)3)11-8(9)4/h6-7H,5H2,1-4H3. The number of aryl methyl sites for hydroxylation is 1. The maximum absolute atomic E-state index is 11.4. The zero-order valence-electron chi connectivity index (χ0n) is 8.66. The molecule has 0 aliphatic carbocycles. The Kier molecular flexibility index (Phi) is 2.86. The van der Waals surface area contributed by atoms with Gasteiger partial charge < -0.3 is 0 Å². The van der Waals surface area contributed by atoms with Crippen LogP contribution in [0.3, 0.4) is 0 Å². The monoisotopic (exact) mass is 180 g/mol. The van der Waals surface area contributed by atoms with Crippen molar-refractivity contribution in [1.29, 1.82) is 0 Å². The summed E-state index contributed by atoms with van der Waals surface area (Å²) in [5, 5.41) is 4.28. The van der Waals surface area contributed by atoms with Crippen molar-refractivity contribution in [2.24, 2.45) is 0 Å². The largest absolute Gasteiger partial charge is 0.294 e. The lowest BCUT2D eigenvalue weighted by Crippen LogP contribution is -2.00. The lowest BCUT2D eigenvalue weighted by Gasteiger charge is -2.02. The fraction of sp³-hybridized carbons (Fsp3) is 0.600. The summed E-state index contributed by atoms with van der Waals surface area (Å²) in [5.74, 6) is 0.171. The molecule has 0 N–H and O–H groups in total. The SMILES string of the molecule is CCC(=O)c1cn(C(C)C)nc1C. The number of nitrogens with zero attached hydrogens (tertiary/aromatic N) is 2. The third-order valence-electron chi connectivity index (χ3n) is 2.07. The molecule has 72 valence electrons. The molecule has 0 spiro atoms. The van der Waals surface area contributed by atoms with Crippen LogP contribution in [0.2, 0.25) is 0 Å². The van der Waals surface area contributed by atoms with Crippen LogP contribution in [-0.2, 0) is 0 Å². The van der Waals surface area contributed by atoms with Crippen LogP contribution in [-0.4, -0.2) is 15.6 Å². The van der Waals surface area contributed by atoms with Gasteiger partial charge in [0.2, 0.25) is 0 Å². The second-order valence-electron chi connectivity index (χ2n) is 3.48. The first-order chi connectivity index (χ1) is 6.06. The number of hydrogen-bond donors (Lipinski definition) is 0. The van der Waals surface area contributed by atoms with Crippen molar-refractivity contribution >= 4 is 5.78 Å². The van der Waals surface area contributed by atoms with Gasteiger partial charge in [0, 0.05) is 18.7 Å². The zero-order chi connectivity index (χ0) is 10.0. The third-order valence-corrected chi connectivity index (χ3v) is 2.07. The average molecular weight is 180 g/mol. The molecule has 0 saturated carbocycles. The highest BCUT2D eigenvalue weighted by atomic mass is 16.1. The molecule has 0 unspecified atom stereocenters. The normalized spacial score (nSPS) is 10.8. The summed E-state index contributed by atoms with van der Waals surface area (Å²) >= 11 is 0. The third kappa shape index (κ3) is 1.97. The highest BCUT2D eigenvalue weighted by Crippen LogP contribution is 2.12. The van der Waals surface area contributed by atoms with E-state index in [0.29, 0.717) is 12.5 Å². The van der Waals surface area contributed by atoms with Crippen LogP contribution in [0.1, 0.15) is 49.3 Å². The molecule has 3 heteroatoms. The molecule has 0 radical (unpaired) electrons. The predicted octanol–water partition coefficient (Wildman–Crippen LogP) is 2.37. The van der Waals surface area contributed by atoms with Crippen LogP contribution >= 0.6 is 0 Å². The van der Waals surface area contributed by atoms with Gasteiger partial charge in [0.1, 0.15) is 0 Å². The minimum atomic E-state index is 0.171. The quantitative estimate of drug-likeness (QED) is 0.669. The van der Waals surface area contributed by atoms with Crippen molar-refractivity contribution < 1.29 is 4.79 Å². The van der Waals surface area contributed by atoms with Gasteiger partial charge in [0.05, 0.1) is 11.3 Å². The Balaban J connectivity index is 3.03. The molecule has 1 rings (SSSR count). The molecule has 1 aromatic heterocycles. The van der Waals surface area contributed by atoms with Gasteiger partial charge in [-0.1, -0.05) is 6.92 Å². The lowest BCUT2D eigenvalue weighted by atomic mass is 10.1.